The molecule has 1 aliphatic rings. The zero-order chi connectivity index (χ0) is 22.5. The van der Waals surface area contributed by atoms with Crippen LogP contribution >= 0.6 is 0 Å². The van der Waals surface area contributed by atoms with Crippen molar-refractivity contribution in [1.29, 1.82) is 0 Å². The van der Waals surface area contributed by atoms with Crippen LogP contribution in [0.5, 0.6) is 5.75 Å². The molecule has 0 radical (unpaired) electrons. The summed E-state index contributed by atoms with van der Waals surface area (Å²) in [5, 5.41) is 7.31. The van der Waals surface area contributed by atoms with Crippen LogP contribution in [0.15, 0.2) is 65.5 Å². The van der Waals surface area contributed by atoms with E-state index in [4.69, 9.17) is 4.74 Å². The monoisotopic (exact) mass is 433 g/mol. The Labute approximate surface area is 187 Å². The summed E-state index contributed by atoms with van der Waals surface area (Å²) in [6, 6.07) is 18.7. The maximum Gasteiger partial charge on any atom is 0.267 e. The second-order valence-corrected chi connectivity index (χ2v) is 7.70. The number of rotatable bonds is 6. The quantitative estimate of drug-likeness (QED) is 0.644. The van der Waals surface area contributed by atoms with Gasteiger partial charge in [0.05, 0.1) is 12.8 Å². The second-order valence-electron chi connectivity index (χ2n) is 7.70. The van der Waals surface area contributed by atoms with Crippen LogP contribution < -0.4 is 25.4 Å². The van der Waals surface area contributed by atoms with E-state index in [1.165, 1.54) is 10.7 Å². The lowest BCUT2D eigenvalue weighted by Gasteiger charge is -2.37. The van der Waals surface area contributed by atoms with Crippen molar-refractivity contribution >= 4 is 23.1 Å². The third kappa shape index (κ3) is 4.74. The predicted octanol–water partition coefficient (Wildman–Crippen LogP) is 2.53. The van der Waals surface area contributed by atoms with Gasteiger partial charge in [0.25, 0.3) is 5.56 Å². The number of carbonyl (C=O) groups is 1. The molecule has 1 aliphatic heterocycles. The molecule has 0 aliphatic carbocycles. The maximum atomic E-state index is 12.5. The third-order valence-corrected chi connectivity index (χ3v) is 5.59. The van der Waals surface area contributed by atoms with Gasteiger partial charge in [-0.2, -0.15) is 5.10 Å². The number of hydrogen-bond donors (Lipinski definition) is 1. The summed E-state index contributed by atoms with van der Waals surface area (Å²) in [5.74, 6) is 1.26. The molecule has 0 unspecified atom stereocenters. The van der Waals surface area contributed by atoms with Crippen molar-refractivity contribution in [3.8, 4) is 5.75 Å². The second kappa shape index (κ2) is 9.55. The van der Waals surface area contributed by atoms with Crippen molar-refractivity contribution in [2.75, 3.05) is 48.4 Å². The number of aromatic nitrogens is 2. The summed E-state index contributed by atoms with van der Waals surface area (Å²) in [4.78, 5) is 29.2. The summed E-state index contributed by atoms with van der Waals surface area (Å²) in [5.41, 5.74) is 2.46. The van der Waals surface area contributed by atoms with E-state index in [-0.39, 0.29) is 18.0 Å². The number of para-hydroxylation sites is 3. The van der Waals surface area contributed by atoms with Crippen LogP contribution in [0.1, 0.15) is 5.56 Å². The Morgan fingerprint density at radius 1 is 0.969 bits per heavy atom. The van der Waals surface area contributed by atoms with E-state index < -0.39 is 0 Å². The van der Waals surface area contributed by atoms with Gasteiger partial charge in [-0.15, -0.1) is 0 Å². The molecular formula is C24H27N5O3. The number of aryl methyl sites for hydroxylation is 1. The number of benzene rings is 2. The first-order chi connectivity index (χ1) is 15.5. The van der Waals surface area contributed by atoms with Crippen molar-refractivity contribution in [1.82, 2.24) is 9.78 Å². The molecule has 0 saturated carbocycles. The van der Waals surface area contributed by atoms with Crippen LogP contribution in [-0.4, -0.2) is 49.0 Å². The minimum atomic E-state index is -0.304. The van der Waals surface area contributed by atoms with E-state index in [1.54, 1.807) is 13.2 Å². The van der Waals surface area contributed by atoms with E-state index in [2.05, 4.69) is 26.3 Å². The number of ether oxygens (including phenoxy) is 1. The van der Waals surface area contributed by atoms with Gasteiger partial charge in [-0.25, -0.2) is 4.68 Å². The van der Waals surface area contributed by atoms with E-state index in [0.29, 0.717) is 5.82 Å². The zero-order valence-corrected chi connectivity index (χ0v) is 18.3. The highest BCUT2D eigenvalue weighted by Gasteiger charge is 2.21. The van der Waals surface area contributed by atoms with Crippen LogP contribution in [0, 0.1) is 6.92 Å². The molecule has 1 aromatic heterocycles. The molecule has 4 rings (SSSR count). The molecule has 166 valence electrons. The van der Waals surface area contributed by atoms with Crippen LogP contribution in [0.2, 0.25) is 0 Å². The fraction of sp³-hybridized carbons (Fsp3) is 0.292. The lowest BCUT2D eigenvalue weighted by Crippen LogP contribution is -2.47. The summed E-state index contributed by atoms with van der Waals surface area (Å²) in [6.07, 6.45) is 0. The van der Waals surface area contributed by atoms with Crippen LogP contribution in [0.3, 0.4) is 0 Å². The molecule has 3 aromatic rings. The summed E-state index contributed by atoms with van der Waals surface area (Å²) >= 11 is 0. The average Bonchev–Trinajstić information content (AvgIpc) is 2.82. The summed E-state index contributed by atoms with van der Waals surface area (Å²) in [6.45, 7) is 4.88. The smallest absolute Gasteiger partial charge is 0.267 e. The molecule has 0 spiro atoms. The molecular weight excluding hydrogens is 406 g/mol. The number of amides is 1. The van der Waals surface area contributed by atoms with E-state index in [9.17, 15) is 9.59 Å². The molecule has 8 nitrogen and oxygen atoms in total. The van der Waals surface area contributed by atoms with E-state index >= 15 is 0 Å². The Morgan fingerprint density at radius 2 is 1.66 bits per heavy atom. The number of nitrogens with zero attached hydrogens (tertiary/aromatic N) is 4. The third-order valence-electron chi connectivity index (χ3n) is 5.59. The average molecular weight is 434 g/mol. The molecule has 1 fully saturated rings. The minimum absolute atomic E-state index is 0.137. The normalized spacial score (nSPS) is 13.7. The number of hydrogen-bond acceptors (Lipinski definition) is 6. The minimum Gasteiger partial charge on any atom is -0.495 e. The fourth-order valence-electron chi connectivity index (χ4n) is 3.83. The van der Waals surface area contributed by atoms with Gasteiger partial charge in [0.1, 0.15) is 18.1 Å². The standard InChI is InChI=1S/C24H27N5O3/c1-18-7-3-4-8-19(18)25-23(30)17-29-24(31)12-11-22(26-29)28-15-13-27(14-16-28)20-9-5-6-10-21(20)32-2/h3-12H,13-17H2,1-2H3,(H,25,30). The van der Waals surface area contributed by atoms with E-state index in [1.807, 2.05) is 49.4 Å². The fourth-order valence-corrected chi connectivity index (χ4v) is 3.83. The SMILES string of the molecule is COc1ccccc1N1CCN(c2ccc(=O)n(CC(=O)Nc3ccccc3C)n2)CC1. The van der Waals surface area contributed by atoms with Crippen molar-refractivity contribution < 1.29 is 9.53 Å². The van der Waals surface area contributed by atoms with Gasteiger partial charge >= 0.3 is 0 Å². The Hall–Kier alpha value is -3.81. The van der Waals surface area contributed by atoms with Gasteiger partial charge in [-0.1, -0.05) is 30.3 Å². The number of piperazine rings is 1. The first kappa shape index (κ1) is 21.4. The number of anilines is 3. The Morgan fingerprint density at radius 3 is 2.41 bits per heavy atom. The topological polar surface area (TPSA) is 79.7 Å². The van der Waals surface area contributed by atoms with Gasteiger partial charge in [0.15, 0.2) is 0 Å². The maximum absolute atomic E-state index is 12.5. The molecule has 2 heterocycles. The van der Waals surface area contributed by atoms with Crippen molar-refractivity contribution in [3.05, 3.63) is 76.6 Å². The first-order valence-corrected chi connectivity index (χ1v) is 10.6. The number of methoxy groups -OCH3 is 1. The van der Waals surface area contributed by atoms with Crippen molar-refractivity contribution in [3.63, 3.8) is 0 Å². The molecule has 32 heavy (non-hydrogen) atoms. The molecule has 1 saturated heterocycles. The number of carbonyl (C=O) groups excluding carboxylic acids is 1. The Balaban J connectivity index is 1.42. The summed E-state index contributed by atoms with van der Waals surface area (Å²) in [7, 11) is 1.68. The molecule has 1 N–H and O–H groups in total. The van der Waals surface area contributed by atoms with Gasteiger partial charge in [-0.3, -0.25) is 9.59 Å². The zero-order valence-electron chi connectivity index (χ0n) is 18.3. The highest BCUT2D eigenvalue weighted by molar-refractivity contribution is 5.91. The van der Waals surface area contributed by atoms with Crippen LogP contribution in [0.4, 0.5) is 17.2 Å². The van der Waals surface area contributed by atoms with Gasteiger partial charge in [0, 0.05) is 37.9 Å². The first-order valence-electron chi connectivity index (χ1n) is 10.6. The molecule has 1 amide bonds. The van der Waals surface area contributed by atoms with Crippen molar-refractivity contribution in [2.24, 2.45) is 0 Å². The van der Waals surface area contributed by atoms with Crippen molar-refractivity contribution in [2.45, 2.75) is 13.5 Å². The highest BCUT2D eigenvalue weighted by Crippen LogP contribution is 2.28. The Bertz CT molecular complexity index is 1150. The molecule has 2 aromatic carbocycles. The van der Waals surface area contributed by atoms with E-state index in [0.717, 1.165) is 48.9 Å². The lowest BCUT2D eigenvalue weighted by molar-refractivity contribution is -0.117. The van der Waals surface area contributed by atoms with Crippen LogP contribution in [-0.2, 0) is 11.3 Å². The van der Waals surface area contributed by atoms with Gasteiger partial charge < -0.3 is 19.9 Å². The Kier molecular flexibility index (Phi) is 6.39. The molecule has 0 atom stereocenters. The predicted molar refractivity (Wildman–Crippen MR) is 126 cm³/mol. The molecule has 8 heteroatoms. The number of nitrogens with one attached hydrogen (secondary N) is 1. The lowest BCUT2D eigenvalue weighted by atomic mass is 10.2. The largest absolute Gasteiger partial charge is 0.495 e. The van der Waals surface area contributed by atoms with Crippen LogP contribution in [0.25, 0.3) is 0 Å². The van der Waals surface area contributed by atoms with Gasteiger partial charge in [0.2, 0.25) is 5.91 Å². The summed E-state index contributed by atoms with van der Waals surface area (Å²) < 4.78 is 6.70. The highest BCUT2D eigenvalue weighted by atomic mass is 16.5. The molecule has 0 bridgehead atoms. The van der Waals surface area contributed by atoms with Gasteiger partial charge in [-0.05, 0) is 36.8 Å².